The van der Waals surface area contributed by atoms with Crippen LogP contribution in [-0.2, 0) is 0 Å². The molecule has 0 N–H and O–H groups in total. The monoisotopic (exact) mass is 412 g/mol. The Labute approximate surface area is 189 Å². The van der Waals surface area contributed by atoms with Crippen LogP contribution < -0.4 is 0 Å². The van der Waals surface area contributed by atoms with E-state index in [-0.39, 0.29) is 0 Å². The molecular formula is C30H24N2. The lowest BCUT2D eigenvalue weighted by molar-refractivity contribution is 1.26. The third-order valence-corrected chi connectivity index (χ3v) is 5.26. The molecule has 0 atom stereocenters. The zero-order valence-corrected chi connectivity index (χ0v) is 17.9. The summed E-state index contributed by atoms with van der Waals surface area (Å²) in [4.78, 5) is 0. The molecule has 32 heavy (non-hydrogen) atoms. The van der Waals surface area contributed by atoms with Crippen molar-refractivity contribution in [3.63, 3.8) is 0 Å². The molecule has 0 saturated heterocycles. The Hall–Kier alpha value is -4.30. The normalized spacial score (nSPS) is 11.1. The van der Waals surface area contributed by atoms with Crippen LogP contribution in [0.3, 0.4) is 0 Å². The van der Waals surface area contributed by atoms with E-state index in [1.165, 1.54) is 22.3 Å². The summed E-state index contributed by atoms with van der Waals surface area (Å²) in [5.41, 5.74) is 8.94. The third kappa shape index (κ3) is 5.24. The largest absolute Gasteiger partial charge is 0.159 e. The Kier molecular flexibility index (Phi) is 6.64. The Bertz CT molecular complexity index is 1140. The van der Waals surface area contributed by atoms with E-state index >= 15 is 0 Å². The minimum atomic E-state index is 1.01. The quantitative estimate of drug-likeness (QED) is 0.219. The van der Waals surface area contributed by atoms with Crippen LogP contribution in [0.5, 0.6) is 0 Å². The molecule has 0 fully saturated rings. The number of nitrogens with zero attached hydrogens (tertiary/aromatic N) is 2. The van der Waals surface area contributed by atoms with Crippen molar-refractivity contribution >= 4 is 24.6 Å². The molecule has 0 amide bonds. The first-order valence-electron chi connectivity index (χ1n) is 10.5. The van der Waals surface area contributed by atoms with E-state index in [0.29, 0.717) is 0 Å². The predicted molar refractivity (Wildman–Crippen MR) is 139 cm³/mol. The fourth-order valence-electron chi connectivity index (χ4n) is 3.35. The molecule has 0 bridgehead atoms. The first-order chi connectivity index (χ1) is 15.7. The van der Waals surface area contributed by atoms with Crippen LogP contribution in [0.25, 0.3) is 34.4 Å². The van der Waals surface area contributed by atoms with Crippen LogP contribution in [0.15, 0.2) is 120 Å². The fraction of sp³-hybridized carbons (Fsp3) is 0. The summed E-state index contributed by atoms with van der Waals surface area (Å²) in [7, 11) is 0. The van der Waals surface area contributed by atoms with Gasteiger partial charge in [-0.15, -0.1) is 0 Å². The fourth-order valence-corrected chi connectivity index (χ4v) is 3.35. The van der Waals surface area contributed by atoms with E-state index < -0.39 is 0 Å². The highest BCUT2D eigenvalue weighted by atomic mass is 15.2. The molecule has 0 aliphatic rings. The van der Waals surface area contributed by atoms with Gasteiger partial charge < -0.3 is 0 Å². The van der Waals surface area contributed by atoms with Crippen LogP contribution >= 0.6 is 0 Å². The van der Waals surface area contributed by atoms with E-state index in [2.05, 4.69) is 96.2 Å². The first kappa shape index (κ1) is 21.0. The van der Waals surface area contributed by atoms with Crippen molar-refractivity contribution in [1.82, 2.24) is 0 Å². The second kappa shape index (κ2) is 10.1. The molecule has 0 heterocycles. The zero-order chi connectivity index (χ0) is 22.2. The number of rotatable bonds is 7. The van der Waals surface area contributed by atoms with E-state index in [1.807, 2.05) is 36.4 Å². The van der Waals surface area contributed by atoms with Gasteiger partial charge in [0, 0.05) is 0 Å². The van der Waals surface area contributed by atoms with Gasteiger partial charge in [0.1, 0.15) is 0 Å². The summed E-state index contributed by atoms with van der Waals surface area (Å²) in [6, 6.07) is 33.2. The molecule has 4 rings (SSSR count). The Morgan fingerprint density at radius 3 is 0.875 bits per heavy atom. The lowest BCUT2D eigenvalue weighted by atomic mass is 10.0. The van der Waals surface area contributed by atoms with Crippen LogP contribution in [0, 0.1) is 0 Å². The molecule has 0 aliphatic heterocycles. The van der Waals surface area contributed by atoms with Crippen molar-refractivity contribution in [2.75, 3.05) is 0 Å². The third-order valence-electron chi connectivity index (χ3n) is 5.26. The Morgan fingerprint density at radius 1 is 0.375 bits per heavy atom. The Balaban J connectivity index is 1.37. The standard InChI is InChI=1S/C30H24N2/c1-3-23-5-13-27(14-6-23)29-17-9-25(10-18-29)21-31-32-22-26-11-19-30(20-12-26)28-15-7-24(4-2)8-16-28/h3-22H,1-2H2/b31-21+,32-22+. The van der Waals surface area contributed by atoms with Crippen LogP contribution in [0.2, 0.25) is 0 Å². The Morgan fingerprint density at radius 2 is 0.625 bits per heavy atom. The minimum Gasteiger partial charge on any atom is -0.159 e. The van der Waals surface area contributed by atoms with Crippen molar-refractivity contribution in [3.8, 4) is 22.3 Å². The first-order valence-corrected chi connectivity index (χ1v) is 10.5. The molecule has 0 radical (unpaired) electrons. The molecule has 0 aromatic heterocycles. The maximum Gasteiger partial charge on any atom is 0.0568 e. The summed E-state index contributed by atoms with van der Waals surface area (Å²) in [5, 5.41) is 8.37. The highest BCUT2D eigenvalue weighted by Crippen LogP contribution is 2.21. The number of hydrogen-bond donors (Lipinski definition) is 0. The van der Waals surface area contributed by atoms with E-state index in [0.717, 1.165) is 22.3 Å². The van der Waals surface area contributed by atoms with Gasteiger partial charge in [0.2, 0.25) is 0 Å². The molecule has 0 spiro atoms. The minimum absolute atomic E-state index is 1.01. The van der Waals surface area contributed by atoms with Crippen molar-refractivity contribution in [1.29, 1.82) is 0 Å². The predicted octanol–water partition coefficient (Wildman–Crippen LogP) is 7.76. The van der Waals surface area contributed by atoms with Crippen LogP contribution in [0.1, 0.15) is 22.3 Å². The molecule has 154 valence electrons. The second-order valence-electron chi connectivity index (χ2n) is 7.39. The highest BCUT2D eigenvalue weighted by molar-refractivity contribution is 5.84. The van der Waals surface area contributed by atoms with Gasteiger partial charge in [-0.2, -0.15) is 10.2 Å². The van der Waals surface area contributed by atoms with Gasteiger partial charge in [-0.05, 0) is 44.5 Å². The molecule has 2 heteroatoms. The average molecular weight is 413 g/mol. The summed E-state index contributed by atoms with van der Waals surface area (Å²) in [5.74, 6) is 0. The summed E-state index contributed by atoms with van der Waals surface area (Å²) < 4.78 is 0. The van der Waals surface area contributed by atoms with E-state index in [9.17, 15) is 0 Å². The van der Waals surface area contributed by atoms with Crippen LogP contribution in [0.4, 0.5) is 0 Å². The van der Waals surface area contributed by atoms with Gasteiger partial charge in [-0.1, -0.05) is 122 Å². The lowest BCUT2D eigenvalue weighted by Gasteiger charge is -2.03. The molecule has 4 aromatic rings. The molecule has 4 aromatic carbocycles. The van der Waals surface area contributed by atoms with E-state index in [4.69, 9.17) is 0 Å². The zero-order valence-electron chi connectivity index (χ0n) is 17.9. The molecule has 0 aliphatic carbocycles. The van der Waals surface area contributed by atoms with Gasteiger partial charge in [-0.3, -0.25) is 0 Å². The summed E-state index contributed by atoms with van der Waals surface area (Å²) in [6.07, 6.45) is 7.22. The molecular weight excluding hydrogens is 388 g/mol. The maximum absolute atomic E-state index is 4.19. The summed E-state index contributed by atoms with van der Waals surface area (Å²) >= 11 is 0. The van der Waals surface area contributed by atoms with Crippen molar-refractivity contribution in [2.24, 2.45) is 10.2 Å². The van der Waals surface area contributed by atoms with Gasteiger partial charge in [0.05, 0.1) is 12.4 Å². The lowest BCUT2D eigenvalue weighted by Crippen LogP contribution is -1.84. The molecule has 0 unspecified atom stereocenters. The highest BCUT2D eigenvalue weighted by Gasteiger charge is 1.98. The van der Waals surface area contributed by atoms with Gasteiger partial charge in [0.25, 0.3) is 0 Å². The van der Waals surface area contributed by atoms with E-state index in [1.54, 1.807) is 12.4 Å². The van der Waals surface area contributed by atoms with Gasteiger partial charge in [0.15, 0.2) is 0 Å². The average Bonchev–Trinajstić information content (AvgIpc) is 2.87. The van der Waals surface area contributed by atoms with Crippen molar-refractivity contribution in [3.05, 3.63) is 132 Å². The maximum atomic E-state index is 4.19. The summed E-state index contributed by atoms with van der Waals surface area (Å²) in [6.45, 7) is 7.59. The molecule has 0 saturated carbocycles. The van der Waals surface area contributed by atoms with Gasteiger partial charge in [-0.25, -0.2) is 0 Å². The number of benzene rings is 4. The topological polar surface area (TPSA) is 24.7 Å². The number of hydrogen-bond acceptors (Lipinski definition) is 2. The second-order valence-corrected chi connectivity index (χ2v) is 7.39. The van der Waals surface area contributed by atoms with Crippen LogP contribution in [-0.4, -0.2) is 12.4 Å². The van der Waals surface area contributed by atoms with Crippen molar-refractivity contribution < 1.29 is 0 Å². The molecule has 2 nitrogen and oxygen atoms in total. The van der Waals surface area contributed by atoms with Crippen molar-refractivity contribution in [2.45, 2.75) is 0 Å². The smallest absolute Gasteiger partial charge is 0.0568 e. The van der Waals surface area contributed by atoms with Gasteiger partial charge >= 0.3 is 0 Å². The SMILES string of the molecule is C=Cc1ccc(-c2ccc(/C=N/N=C/c3ccc(-c4ccc(C=C)cc4)cc3)cc2)cc1.